The van der Waals surface area contributed by atoms with Crippen molar-refractivity contribution in [2.45, 2.75) is 12.5 Å². The van der Waals surface area contributed by atoms with Crippen LogP contribution in [0.15, 0.2) is 30.3 Å². The summed E-state index contributed by atoms with van der Waals surface area (Å²) in [5, 5.41) is 0.381. The van der Waals surface area contributed by atoms with Crippen molar-refractivity contribution in [3.63, 3.8) is 0 Å². The molecule has 34 heavy (non-hydrogen) atoms. The average Bonchev–Trinajstić information content (AvgIpc) is 2.98. The Bertz CT molecular complexity index is 1290. The van der Waals surface area contributed by atoms with E-state index in [0.717, 1.165) is 6.26 Å². The van der Waals surface area contributed by atoms with E-state index >= 15 is 0 Å². The normalized spacial score (nSPS) is 14.2. The van der Waals surface area contributed by atoms with Gasteiger partial charge in [-0.1, -0.05) is 46.4 Å². The van der Waals surface area contributed by atoms with Gasteiger partial charge in [-0.25, -0.2) is 13.2 Å². The van der Waals surface area contributed by atoms with Gasteiger partial charge in [-0.05, 0) is 36.8 Å². The van der Waals surface area contributed by atoms with Gasteiger partial charge in [0.15, 0.2) is 12.4 Å². The zero-order valence-corrected chi connectivity index (χ0v) is 21.2. The highest BCUT2D eigenvalue weighted by molar-refractivity contribution is 7.90. The van der Waals surface area contributed by atoms with Crippen molar-refractivity contribution in [1.82, 2.24) is 4.90 Å². The fourth-order valence-electron chi connectivity index (χ4n) is 3.20. The number of carbonyl (C=O) groups excluding carboxylic acids is 4. The van der Waals surface area contributed by atoms with Gasteiger partial charge in [0.2, 0.25) is 0 Å². The molecule has 0 unspecified atom stereocenters. The van der Waals surface area contributed by atoms with Gasteiger partial charge >= 0.3 is 5.97 Å². The monoisotopic (exact) mass is 565 g/mol. The first kappa shape index (κ1) is 26.4. The summed E-state index contributed by atoms with van der Waals surface area (Å²) in [6.45, 7) is -0.743. The molecule has 0 bridgehead atoms. The minimum Gasteiger partial charge on any atom is -0.456 e. The Kier molecular flexibility index (Phi) is 7.94. The van der Waals surface area contributed by atoms with Crippen molar-refractivity contribution < 1.29 is 32.3 Å². The Labute approximate surface area is 214 Å². The summed E-state index contributed by atoms with van der Waals surface area (Å²) in [7, 11) is -3.57. The molecule has 0 radical (unpaired) electrons. The third-order valence-corrected chi connectivity index (χ3v) is 7.33. The molecule has 2 amide bonds. The predicted molar refractivity (Wildman–Crippen MR) is 127 cm³/mol. The van der Waals surface area contributed by atoms with Crippen molar-refractivity contribution in [3.05, 3.63) is 67.1 Å². The highest BCUT2D eigenvalue weighted by Gasteiger charge is 2.44. The van der Waals surface area contributed by atoms with Crippen LogP contribution >= 0.6 is 46.4 Å². The van der Waals surface area contributed by atoms with Gasteiger partial charge in [0.25, 0.3) is 11.8 Å². The van der Waals surface area contributed by atoms with Gasteiger partial charge in [-0.2, -0.15) is 0 Å². The molecular formula is C21H15Cl4NO7S. The maximum atomic E-state index is 12.9. The number of ether oxygens (including phenoxy) is 1. The molecule has 0 saturated carbocycles. The fourth-order valence-corrected chi connectivity index (χ4v) is 4.48. The topological polar surface area (TPSA) is 115 Å². The molecule has 0 N–H and O–H groups in total. The highest BCUT2D eigenvalue weighted by Crippen LogP contribution is 2.33. The van der Waals surface area contributed by atoms with Crippen LogP contribution in [0.1, 0.15) is 37.5 Å². The van der Waals surface area contributed by atoms with Gasteiger partial charge in [0.1, 0.15) is 15.9 Å². The third-order valence-electron chi connectivity index (χ3n) is 4.89. The SMILES string of the molecule is CS(=O)(=O)CC[C@H](C(=O)OCC(=O)c1ccc(Cl)c(Cl)c1)N1C(=O)c2cc(Cl)c(Cl)cc2C1=O. The Balaban J connectivity index is 1.85. The van der Waals surface area contributed by atoms with E-state index in [2.05, 4.69) is 0 Å². The number of esters is 1. The minimum atomic E-state index is -3.57. The number of Topliss-reactive ketones (excluding diaryl/α,β-unsaturated/α-hetero) is 1. The first-order valence-corrected chi connectivity index (χ1v) is 13.1. The number of halogens is 4. The number of rotatable bonds is 8. The van der Waals surface area contributed by atoms with Gasteiger partial charge in [0, 0.05) is 11.8 Å². The lowest BCUT2D eigenvalue weighted by atomic mass is 10.1. The van der Waals surface area contributed by atoms with Crippen LogP contribution in [-0.4, -0.2) is 61.5 Å². The fraction of sp³-hybridized carbons (Fsp3) is 0.238. The number of carbonyl (C=O) groups is 4. The van der Waals surface area contributed by atoms with Gasteiger partial charge in [-0.15, -0.1) is 0 Å². The van der Waals surface area contributed by atoms with Crippen LogP contribution < -0.4 is 0 Å². The quantitative estimate of drug-likeness (QED) is 0.268. The molecule has 3 rings (SSSR count). The standard InChI is InChI=1S/C21H15Cl4NO7S/c1-34(31,32)5-4-17(21(30)33-9-18(27)10-2-3-13(22)14(23)6-10)26-19(28)11-7-15(24)16(25)8-12(11)20(26)29/h2-3,6-8,17H,4-5,9H2,1H3/t17-/m1/s1. The highest BCUT2D eigenvalue weighted by atomic mass is 35.5. The predicted octanol–water partition coefficient (Wildman–Crippen LogP) is 4.13. The molecule has 1 aliphatic rings. The summed E-state index contributed by atoms with van der Waals surface area (Å²) >= 11 is 23.6. The molecule has 0 saturated heterocycles. The number of hydrogen-bond acceptors (Lipinski definition) is 7. The van der Waals surface area contributed by atoms with E-state index in [1.54, 1.807) is 0 Å². The summed E-state index contributed by atoms with van der Waals surface area (Å²) in [6, 6.07) is 4.82. The maximum absolute atomic E-state index is 12.9. The largest absolute Gasteiger partial charge is 0.456 e. The number of hydrogen-bond donors (Lipinski definition) is 0. The molecule has 180 valence electrons. The molecule has 8 nitrogen and oxygen atoms in total. The molecule has 2 aromatic rings. The van der Waals surface area contributed by atoms with Gasteiger partial charge in [0.05, 0.1) is 37.0 Å². The van der Waals surface area contributed by atoms with E-state index in [-0.39, 0.29) is 36.8 Å². The number of sulfone groups is 1. The number of nitrogens with zero attached hydrogens (tertiary/aromatic N) is 1. The summed E-state index contributed by atoms with van der Waals surface area (Å²) in [6.07, 6.45) is 0.497. The average molecular weight is 567 g/mol. The number of fused-ring (bicyclic) bond motifs is 1. The van der Waals surface area contributed by atoms with Crippen molar-refractivity contribution in [2.75, 3.05) is 18.6 Å². The Morgan fingerprint density at radius 3 is 1.94 bits per heavy atom. The second-order valence-corrected chi connectivity index (χ2v) is 11.3. The Hall–Kier alpha value is -2.17. The molecule has 0 aliphatic carbocycles. The summed E-state index contributed by atoms with van der Waals surface area (Å²) < 4.78 is 28.5. The van der Waals surface area contributed by atoms with Crippen molar-refractivity contribution in [3.8, 4) is 0 Å². The maximum Gasteiger partial charge on any atom is 0.329 e. The second-order valence-electron chi connectivity index (χ2n) is 7.39. The molecule has 2 aromatic carbocycles. The summed E-state index contributed by atoms with van der Waals surface area (Å²) in [5.74, 6) is -4.03. The molecule has 1 heterocycles. The molecule has 1 aliphatic heterocycles. The summed E-state index contributed by atoms with van der Waals surface area (Å²) in [4.78, 5) is 51.7. The van der Waals surface area contributed by atoms with Crippen LogP contribution in [-0.2, 0) is 19.4 Å². The first-order chi connectivity index (χ1) is 15.8. The second kappa shape index (κ2) is 10.2. The number of imide groups is 1. The number of ketones is 1. The van der Waals surface area contributed by atoms with E-state index < -0.39 is 58.2 Å². The van der Waals surface area contributed by atoms with Crippen molar-refractivity contribution >= 4 is 79.8 Å². The van der Waals surface area contributed by atoms with Crippen LogP contribution in [0.3, 0.4) is 0 Å². The van der Waals surface area contributed by atoms with Crippen LogP contribution in [0, 0.1) is 0 Å². The lowest BCUT2D eigenvalue weighted by molar-refractivity contribution is -0.147. The zero-order valence-electron chi connectivity index (χ0n) is 17.3. The number of benzene rings is 2. The van der Waals surface area contributed by atoms with E-state index in [1.807, 2.05) is 0 Å². The minimum absolute atomic E-state index is 0.0194. The van der Waals surface area contributed by atoms with E-state index in [4.69, 9.17) is 51.1 Å². The van der Waals surface area contributed by atoms with Gasteiger partial charge in [-0.3, -0.25) is 19.3 Å². The molecular weight excluding hydrogens is 552 g/mol. The lowest BCUT2D eigenvalue weighted by Crippen LogP contribution is -2.46. The molecule has 0 aromatic heterocycles. The Morgan fingerprint density at radius 1 is 0.912 bits per heavy atom. The smallest absolute Gasteiger partial charge is 0.329 e. The van der Waals surface area contributed by atoms with Crippen molar-refractivity contribution in [1.29, 1.82) is 0 Å². The summed E-state index contributed by atoms with van der Waals surface area (Å²) in [5.41, 5.74) is -0.0771. The Morgan fingerprint density at radius 2 is 1.44 bits per heavy atom. The van der Waals surface area contributed by atoms with Crippen LogP contribution in [0.4, 0.5) is 0 Å². The molecule has 0 spiro atoms. The third kappa shape index (κ3) is 5.72. The lowest BCUT2D eigenvalue weighted by Gasteiger charge is -2.24. The first-order valence-electron chi connectivity index (χ1n) is 9.49. The molecule has 1 atom stereocenters. The number of amides is 2. The van der Waals surface area contributed by atoms with E-state index in [9.17, 15) is 27.6 Å². The van der Waals surface area contributed by atoms with Crippen molar-refractivity contribution in [2.24, 2.45) is 0 Å². The molecule has 0 fully saturated rings. The molecule has 13 heteroatoms. The van der Waals surface area contributed by atoms with E-state index in [0.29, 0.717) is 4.90 Å². The van der Waals surface area contributed by atoms with Crippen LogP contribution in [0.2, 0.25) is 20.1 Å². The zero-order chi connectivity index (χ0) is 25.4. The van der Waals surface area contributed by atoms with Crippen LogP contribution in [0.5, 0.6) is 0 Å². The van der Waals surface area contributed by atoms with Crippen LogP contribution in [0.25, 0.3) is 0 Å². The van der Waals surface area contributed by atoms with Gasteiger partial charge < -0.3 is 4.74 Å². The van der Waals surface area contributed by atoms with E-state index in [1.165, 1.54) is 30.3 Å².